The van der Waals surface area contributed by atoms with Crippen LogP contribution in [0.15, 0.2) is 48.5 Å². The molecule has 2 bridgehead atoms. The fourth-order valence-corrected chi connectivity index (χ4v) is 5.24. The maximum Gasteiger partial charge on any atom is 0.339 e. The van der Waals surface area contributed by atoms with Crippen molar-refractivity contribution in [2.75, 3.05) is 39.6 Å². The molecule has 0 spiro atoms. The Morgan fingerprint density at radius 1 is 0.968 bits per heavy atom. The van der Waals surface area contributed by atoms with Crippen molar-refractivity contribution in [3.63, 3.8) is 0 Å². The SMILES string of the molecule is O=C(OCN1CCOCC1)c1ccc(CN2CC3CCC2Cc2ccccc2C3)cc1. The number of esters is 1. The second kappa shape index (κ2) is 9.51. The maximum atomic E-state index is 12.4. The van der Waals surface area contributed by atoms with Gasteiger partial charge >= 0.3 is 5.97 Å². The Labute approximate surface area is 184 Å². The first-order chi connectivity index (χ1) is 15.2. The average molecular weight is 421 g/mol. The molecule has 6 rings (SSSR count). The van der Waals surface area contributed by atoms with Crippen LogP contribution in [-0.2, 0) is 28.9 Å². The second-order valence-corrected chi connectivity index (χ2v) is 9.19. The number of carbonyl (C=O) groups is 1. The van der Waals surface area contributed by atoms with Crippen LogP contribution in [0.5, 0.6) is 0 Å². The minimum atomic E-state index is -0.250. The number of piperidine rings is 1. The summed E-state index contributed by atoms with van der Waals surface area (Å²) in [6.45, 7) is 5.49. The Balaban J connectivity index is 1.19. The van der Waals surface area contributed by atoms with E-state index in [1.54, 1.807) is 5.56 Å². The molecular weight excluding hydrogens is 388 g/mol. The number of ether oxygens (including phenoxy) is 2. The van der Waals surface area contributed by atoms with Gasteiger partial charge in [0.2, 0.25) is 0 Å². The average Bonchev–Trinajstić information content (AvgIpc) is 2.79. The van der Waals surface area contributed by atoms with E-state index in [1.165, 1.54) is 36.9 Å². The summed E-state index contributed by atoms with van der Waals surface area (Å²) in [6, 6.07) is 17.6. The third kappa shape index (κ3) is 5.00. The van der Waals surface area contributed by atoms with Crippen molar-refractivity contribution in [1.29, 1.82) is 0 Å². The fraction of sp³-hybridized carbons (Fsp3) is 0.500. The molecule has 2 saturated heterocycles. The molecule has 3 aliphatic heterocycles. The Morgan fingerprint density at radius 2 is 1.71 bits per heavy atom. The molecule has 0 radical (unpaired) electrons. The highest BCUT2D eigenvalue weighted by molar-refractivity contribution is 5.89. The van der Waals surface area contributed by atoms with Crippen LogP contribution >= 0.6 is 0 Å². The zero-order valence-electron chi connectivity index (χ0n) is 18.2. The van der Waals surface area contributed by atoms with E-state index in [0.717, 1.165) is 32.0 Å². The highest BCUT2D eigenvalue weighted by Crippen LogP contribution is 2.33. The van der Waals surface area contributed by atoms with Crippen molar-refractivity contribution in [3.05, 3.63) is 70.8 Å². The number of nitrogens with zero attached hydrogens (tertiary/aromatic N) is 2. The molecule has 3 heterocycles. The van der Waals surface area contributed by atoms with Crippen molar-refractivity contribution in [3.8, 4) is 0 Å². The second-order valence-electron chi connectivity index (χ2n) is 9.19. The zero-order valence-corrected chi connectivity index (χ0v) is 18.2. The fourth-order valence-electron chi connectivity index (χ4n) is 5.24. The molecule has 2 aromatic carbocycles. The maximum absolute atomic E-state index is 12.4. The van der Waals surface area contributed by atoms with Crippen molar-refractivity contribution >= 4 is 5.97 Å². The molecular formula is C26H32N2O3. The Morgan fingerprint density at radius 3 is 2.48 bits per heavy atom. The van der Waals surface area contributed by atoms with Crippen LogP contribution in [-0.4, -0.2) is 61.4 Å². The lowest BCUT2D eigenvalue weighted by molar-refractivity contribution is -0.0209. The number of benzene rings is 2. The largest absolute Gasteiger partial charge is 0.446 e. The van der Waals surface area contributed by atoms with E-state index in [4.69, 9.17) is 9.47 Å². The number of carbonyl (C=O) groups excluding carboxylic acids is 1. The smallest absolute Gasteiger partial charge is 0.339 e. The molecule has 0 aromatic heterocycles. The predicted molar refractivity (Wildman–Crippen MR) is 120 cm³/mol. The highest BCUT2D eigenvalue weighted by Gasteiger charge is 2.31. The van der Waals surface area contributed by atoms with Crippen LogP contribution < -0.4 is 0 Å². The molecule has 2 unspecified atom stereocenters. The summed E-state index contributed by atoms with van der Waals surface area (Å²) < 4.78 is 10.8. The van der Waals surface area contributed by atoms with Gasteiger partial charge in [-0.05, 0) is 60.4 Å². The standard InChI is InChI=1S/C26H32N2O3/c29-26(31-19-27-11-13-30-14-12-27)22-8-5-20(6-9-22)17-28-18-21-7-10-25(28)16-24-4-2-1-3-23(24)15-21/h1-6,8-9,21,25H,7,10-19H2. The van der Waals surface area contributed by atoms with Gasteiger partial charge in [0.15, 0.2) is 0 Å². The molecule has 31 heavy (non-hydrogen) atoms. The van der Waals surface area contributed by atoms with E-state index in [0.29, 0.717) is 31.5 Å². The molecule has 164 valence electrons. The molecule has 5 nitrogen and oxygen atoms in total. The summed E-state index contributed by atoms with van der Waals surface area (Å²) in [4.78, 5) is 17.2. The minimum absolute atomic E-state index is 0.250. The van der Waals surface area contributed by atoms with Crippen LogP contribution in [0.1, 0.15) is 39.9 Å². The van der Waals surface area contributed by atoms with Crippen molar-refractivity contribution in [2.24, 2.45) is 5.92 Å². The molecule has 2 atom stereocenters. The predicted octanol–water partition coefficient (Wildman–Crippen LogP) is 3.51. The topological polar surface area (TPSA) is 42.0 Å². The molecule has 5 heteroatoms. The Kier molecular flexibility index (Phi) is 6.35. The van der Waals surface area contributed by atoms with Crippen LogP contribution in [0.3, 0.4) is 0 Å². The number of fused-ring (bicyclic) bond motifs is 2. The van der Waals surface area contributed by atoms with Crippen LogP contribution in [0.4, 0.5) is 0 Å². The monoisotopic (exact) mass is 420 g/mol. The van der Waals surface area contributed by atoms with Gasteiger partial charge in [-0.25, -0.2) is 4.79 Å². The third-order valence-corrected chi connectivity index (χ3v) is 7.06. The summed E-state index contributed by atoms with van der Waals surface area (Å²) in [7, 11) is 0. The van der Waals surface area contributed by atoms with Gasteiger partial charge in [0, 0.05) is 32.2 Å². The normalized spacial score (nSPS) is 24.3. The van der Waals surface area contributed by atoms with Gasteiger partial charge in [0.1, 0.15) is 6.73 Å². The summed E-state index contributed by atoms with van der Waals surface area (Å²) >= 11 is 0. The number of rotatable bonds is 5. The van der Waals surface area contributed by atoms with Crippen LogP contribution in [0.25, 0.3) is 0 Å². The molecule has 0 N–H and O–H groups in total. The van der Waals surface area contributed by atoms with E-state index in [9.17, 15) is 4.79 Å². The van der Waals surface area contributed by atoms with Crippen LogP contribution in [0.2, 0.25) is 0 Å². The van der Waals surface area contributed by atoms with Gasteiger partial charge in [0.05, 0.1) is 18.8 Å². The lowest BCUT2D eigenvalue weighted by atomic mass is 9.80. The lowest BCUT2D eigenvalue weighted by Gasteiger charge is -2.42. The third-order valence-electron chi connectivity index (χ3n) is 7.06. The van der Waals surface area contributed by atoms with E-state index in [-0.39, 0.29) is 5.97 Å². The molecule has 2 fully saturated rings. The summed E-state index contributed by atoms with van der Waals surface area (Å²) in [5, 5.41) is 0. The van der Waals surface area contributed by atoms with Gasteiger partial charge in [-0.2, -0.15) is 0 Å². The van der Waals surface area contributed by atoms with E-state index in [2.05, 4.69) is 46.2 Å². The Hall–Kier alpha value is -2.21. The van der Waals surface area contributed by atoms with E-state index in [1.807, 2.05) is 12.1 Å². The van der Waals surface area contributed by atoms with Gasteiger partial charge in [-0.1, -0.05) is 36.4 Å². The first kappa shape index (κ1) is 20.7. The van der Waals surface area contributed by atoms with Gasteiger partial charge in [-0.15, -0.1) is 0 Å². The molecule has 2 aromatic rings. The number of morpholine rings is 1. The van der Waals surface area contributed by atoms with Crippen LogP contribution in [0, 0.1) is 5.92 Å². The highest BCUT2D eigenvalue weighted by atomic mass is 16.5. The number of hydrogen-bond donors (Lipinski definition) is 0. The molecule has 4 aliphatic rings. The summed E-state index contributed by atoms with van der Waals surface area (Å²) in [5.41, 5.74) is 4.97. The van der Waals surface area contributed by atoms with E-state index >= 15 is 0 Å². The lowest BCUT2D eigenvalue weighted by Crippen LogP contribution is -2.46. The van der Waals surface area contributed by atoms with Crippen molar-refractivity contribution < 1.29 is 14.3 Å². The Bertz CT molecular complexity index is 892. The summed E-state index contributed by atoms with van der Waals surface area (Å²) in [6.07, 6.45) is 4.97. The van der Waals surface area contributed by atoms with Crippen molar-refractivity contribution in [1.82, 2.24) is 9.80 Å². The van der Waals surface area contributed by atoms with Gasteiger partial charge < -0.3 is 9.47 Å². The van der Waals surface area contributed by atoms with E-state index < -0.39 is 0 Å². The van der Waals surface area contributed by atoms with Gasteiger partial charge in [-0.3, -0.25) is 9.80 Å². The molecule has 0 saturated carbocycles. The minimum Gasteiger partial charge on any atom is -0.446 e. The quantitative estimate of drug-likeness (QED) is 0.693. The summed E-state index contributed by atoms with van der Waals surface area (Å²) in [5.74, 6) is 0.493. The first-order valence-electron chi connectivity index (χ1n) is 11.6. The van der Waals surface area contributed by atoms with Crippen molar-refractivity contribution in [2.45, 2.75) is 38.3 Å². The molecule has 0 amide bonds. The number of hydrogen-bond acceptors (Lipinski definition) is 5. The molecule has 1 aliphatic carbocycles. The first-order valence-corrected chi connectivity index (χ1v) is 11.6. The zero-order chi connectivity index (χ0) is 21.0. The van der Waals surface area contributed by atoms with Gasteiger partial charge in [0.25, 0.3) is 0 Å².